The number of nitrogens with zero attached hydrogens (tertiary/aromatic N) is 5. The summed E-state index contributed by atoms with van der Waals surface area (Å²) in [7, 11) is -7.00. The fraction of sp³-hybridized carbons (Fsp3) is 0.903. The van der Waals surface area contributed by atoms with Gasteiger partial charge < -0.3 is 22.8 Å². The number of carbonyl (C=O) groups is 1. The number of hydrogen-bond acceptors (Lipinski definition) is 9. The van der Waals surface area contributed by atoms with Crippen LogP contribution in [0.1, 0.15) is 130 Å². The molecule has 2 aliphatic rings. The number of amides is 2. The smallest absolute Gasteiger partial charge is 0.346 e. The molecule has 0 saturated carbocycles. The van der Waals surface area contributed by atoms with Gasteiger partial charge in [0, 0.05) is 6.54 Å². The third-order valence-corrected chi connectivity index (χ3v) is 14.4. The summed E-state index contributed by atoms with van der Waals surface area (Å²) in [5, 5.41) is 8.72. The molecule has 0 N–H and O–H groups in total. The second-order valence-corrected chi connectivity index (χ2v) is 20.0. The molecule has 0 aliphatic carbocycles. The van der Waals surface area contributed by atoms with Gasteiger partial charge in [-0.15, -0.1) is 10.2 Å². The van der Waals surface area contributed by atoms with Gasteiger partial charge >= 0.3 is 6.03 Å². The maximum atomic E-state index is 12.4. The van der Waals surface area contributed by atoms with Crippen LogP contribution in [-0.4, -0.2) is 90.7 Å². The topological polar surface area (TPSA) is 138 Å². The van der Waals surface area contributed by atoms with Gasteiger partial charge in [-0.05, 0) is 56.7 Å². The minimum absolute atomic E-state index is 0.0432. The fourth-order valence-electron chi connectivity index (χ4n) is 5.65. The molecule has 1 aromatic rings. The Kier molecular flexibility index (Phi) is 15.4. The summed E-state index contributed by atoms with van der Waals surface area (Å²) in [6, 6.07) is -1.71. The highest BCUT2D eigenvalue weighted by atomic mass is 32.3. The molecule has 3 rings (SSSR count). The number of piperidine rings is 1. The summed E-state index contributed by atoms with van der Waals surface area (Å²) >= 11 is 0. The second kappa shape index (κ2) is 17.5. The Balaban J connectivity index is 0.000000358. The molecule has 0 spiro atoms. The Morgan fingerprint density at radius 1 is 0.933 bits per heavy atom. The quantitative estimate of drug-likeness (QED) is 0.0702. The predicted molar refractivity (Wildman–Crippen MR) is 176 cm³/mol. The molecule has 2 fully saturated rings. The van der Waals surface area contributed by atoms with E-state index in [1.807, 2.05) is 0 Å². The average molecular weight is 676 g/mol. The summed E-state index contributed by atoms with van der Waals surface area (Å²) in [4.78, 5) is 13.8. The first kappa shape index (κ1) is 39.6. The lowest BCUT2D eigenvalue weighted by atomic mass is 10.0. The number of carbonyl (C=O) groups excluding carboxylic acids is 1. The van der Waals surface area contributed by atoms with Crippen molar-refractivity contribution in [3.05, 3.63) is 11.8 Å². The van der Waals surface area contributed by atoms with Crippen molar-refractivity contribution >= 4 is 24.7 Å². The van der Waals surface area contributed by atoms with Gasteiger partial charge in [-0.2, -0.15) is 9.35 Å². The minimum atomic E-state index is -5.03. The Labute approximate surface area is 273 Å². The van der Waals surface area contributed by atoms with Crippen LogP contribution >= 0.6 is 0 Å². The standard InChI is InChI=1S/C16H36N.C15H26N4O7SSi/c1-5-9-13-17(14-10-6-2,15-11-7-3)16-12-8-4;1-15(2,3)28(4,5)24-9-12-16-17-13(25-12)11-7-6-10-8-18(11)14(20)19(10)26-27(21,22)23/h5-16H2,1-4H3;10-11H,6-9H2,1-5H3,(H,21,22,23)/q+1;/p-1/t;10-,11+/m.1/s1. The Morgan fingerprint density at radius 2 is 1.44 bits per heavy atom. The van der Waals surface area contributed by atoms with Gasteiger partial charge in [0.25, 0.3) is 0 Å². The minimum Gasteiger partial charge on any atom is -0.724 e. The SMILES string of the molecule is CC(C)(C)[Si](C)(C)OCc1nnc([C@@H]2CC[C@@H]3CN2C(=O)N3OS(=O)(=O)[O-])o1.CCCC[N+](CCCC)(CCCC)CCCC. The van der Waals surface area contributed by atoms with E-state index in [0.29, 0.717) is 23.8 Å². The van der Waals surface area contributed by atoms with E-state index in [0.717, 1.165) is 0 Å². The molecule has 2 atom stereocenters. The lowest BCUT2D eigenvalue weighted by Gasteiger charge is -2.39. The molecule has 1 aromatic heterocycles. The van der Waals surface area contributed by atoms with Crippen LogP contribution in [0.25, 0.3) is 0 Å². The van der Waals surface area contributed by atoms with Crippen molar-refractivity contribution in [3.63, 3.8) is 0 Å². The number of hydroxylamine groups is 2. The van der Waals surface area contributed by atoms with Gasteiger partial charge in [0.15, 0.2) is 8.32 Å². The van der Waals surface area contributed by atoms with Gasteiger partial charge in [0.2, 0.25) is 22.2 Å². The summed E-state index contributed by atoms with van der Waals surface area (Å²) in [6.07, 6.45) is 12.0. The van der Waals surface area contributed by atoms with Crippen LogP contribution in [0.15, 0.2) is 4.42 Å². The van der Waals surface area contributed by atoms with Crippen molar-refractivity contribution in [2.45, 2.75) is 149 Å². The molecule has 12 nitrogen and oxygen atoms in total. The molecule has 0 radical (unpaired) electrons. The van der Waals surface area contributed by atoms with Crippen molar-refractivity contribution in [1.82, 2.24) is 20.2 Å². The highest BCUT2D eigenvalue weighted by Gasteiger charge is 2.48. The highest BCUT2D eigenvalue weighted by Crippen LogP contribution is 2.39. The van der Waals surface area contributed by atoms with Crippen molar-refractivity contribution in [2.24, 2.45) is 0 Å². The molecule has 0 unspecified atom stereocenters. The molecular weight excluding hydrogens is 615 g/mol. The first-order chi connectivity index (χ1) is 21.0. The highest BCUT2D eigenvalue weighted by molar-refractivity contribution is 7.80. The maximum Gasteiger partial charge on any atom is 0.346 e. The number of rotatable bonds is 18. The monoisotopic (exact) mass is 675 g/mol. The van der Waals surface area contributed by atoms with E-state index >= 15 is 0 Å². The third-order valence-electron chi connectivity index (χ3n) is 9.57. The molecule has 2 bridgehead atoms. The Morgan fingerprint density at radius 3 is 1.89 bits per heavy atom. The first-order valence-corrected chi connectivity index (χ1v) is 21.3. The van der Waals surface area contributed by atoms with Crippen molar-refractivity contribution < 1.29 is 35.4 Å². The zero-order valence-electron chi connectivity index (χ0n) is 29.5. The van der Waals surface area contributed by atoms with Crippen LogP contribution in [0.2, 0.25) is 18.1 Å². The molecular formula is C31H61N5O7SSi. The van der Waals surface area contributed by atoms with E-state index in [9.17, 15) is 17.8 Å². The molecule has 2 aliphatic heterocycles. The average Bonchev–Trinajstić information content (AvgIpc) is 3.54. The van der Waals surface area contributed by atoms with Crippen LogP contribution in [0.3, 0.4) is 0 Å². The van der Waals surface area contributed by atoms with Crippen LogP contribution < -0.4 is 0 Å². The van der Waals surface area contributed by atoms with Gasteiger partial charge in [-0.1, -0.05) is 74.1 Å². The van der Waals surface area contributed by atoms with Crippen molar-refractivity contribution in [3.8, 4) is 0 Å². The van der Waals surface area contributed by atoms with E-state index in [1.165, 1.54) is 86.9 Å². The molecule has 262 valence electrons. The van der Waals surface area contributed by atoms with Crippen LogP contribution in [0.4, 0.5) is 4.79 Å². The molecule has 0 aromatic carbocycles. The maximum absolute atomic E-state index is 12.4. The molecule has 45 heavy (non-hydrogen) atoms. The molecule has 2 amide bonds. The first-order valence-electron chi connectivity index (χ1n) is 17.1. The molecule has 3 heterocycles. The number of hydrogen-bond donors (Lipinski definition) is 0. The van der Waals surface area contributed by atoms with Crippen LogP contribution in [-0.2, 0) is 25.7 Å². The number of quaternary nitrogens is 1. The Hall–Kier alpha value is -1.58. The van der Waals surface area contributed by atoms with Gasteiger partial charge in [0.05, 0.1) is 32.2 Å². The summed E-state index contributed by atoms with van der Waals surface area (Å²) in [6.45, 7) is 26.1. The lowest BCUT2D eigenvalue weighted by Crippen LogP contribution is -2.50. The van der Waals surface area contributed by atoms with E-state index < -0.39 is 36.8 Å². The fourth-order valence-corrected chi connectivity index (χ4v) is 6.95. The summed E-state index contributed by atoms with van der Waals surface area (Å²) in [5.41, 5.74) is 0. The second-order valence-electron chi connectivity index (χ2n) is 14.2. The summed E-state index contributed by atoms with van der Waals surface area (Å²) < 4.78 is 50.1. The van der Waals surface area contributed by atoms with E-state index in [4.69, 9.17) is 8.84 Å². The molecule has 2 saturated heterocycles. The number of urea groups is 1. The number of unbranched alkanes of at least 4 members (excludes halogenated alkanes) is 4. The van der Waals surface area contributed by atoms with Crippen molar-refractivity contribution in [2.75, 3.05) is 32.7 Å². The van der Waals surface area contributed by atoms with Crippen LogP contribution in [0.5, 0.6) is 0 Å². The van der Waals surface area contributed by atoms with Crippen molar-refractivity contribution in [1.29, 1.82) is 0 Å². The van der Waals surface area contributed by atoms with Gasteiger partial charge in [-0.3, -0.25) is 0 Å². The number of fused-ring (bicyclic) bond motifs is 2. The molecule has 14 heteroatoms. The largest absolute Gasteiger partial charge is 0.724 e. The third kappa shape index (κ3) is 11.9. The van der Waals surface area contributed by atoms with Gasteiger partial charge in [-0.25, -0.2) is 13.2 Å². The zero-order valence-corrected chi connectivity index (χ0v) is 31.3. The normalized spacial score (nSPS) is 19.2. The zero-order chi connectivity index (χ0) is 33.9. The Bertz CT molecular complexity index is 1100. The van der Waals surface area contributed by atoms with Crippen LogP contribution in [0, 0.1) is 0 Å². The van der Waals surface area contributed by atoms with E-state index in [2.05, 4.69) is 76.0 Å². The lowest BCUT2D eigenvalue weighted by molar-refractivity contribution is -0.929. The van der Waals surface area contributed by atoms with Gasteiger partial charge in [0.1, 0.15) is 12.6 Å². The summed E-state index contributed by atoms with van der Waals surface area (Å²) in [5.74, 6) is 0.580. The van der Waals surface area contributed by atoms with E-state index in [-0.39, 0.29) is 24.1 Å². The van der Waals surface area contributed by atoms with E-state index in [1.54, 1.807) is 0 Å². The predicted octanol–water partition coefficient (Wildman–Crippen LogP) is 6.93. The number of aromatic nitrogens is 2.